The summed E-state index contributed by atoms with van der Waals surface area (Å²) in [7, 11) is 0. The summed E-state index contributed by atoms with van der Waals surface area (Å²) in [5, 5.41) is 23.9. The Kier molecular flexibility index (Phi) is 8.88. The molecule has 10 nitrogen and oxygen atoms in total. The third-order valence-electron chi connectivity index (χ3n) is 8.69. The van der Waals surface area contributed by atoms with Crippen molar-refractivity contribution in [2.24, 2.45) is 0 Å². The number of thiazole rings is 1. The van der Waals surface area contributed by atoms with E-state index in [0.717, 1.165) is 48.4 Å². The van der Waals surface area contributed by atoms with E-state index >= 15 is 0 Å². The topological polar surface area (TPSA) is 131 Å². The Morgan fingerprint density at radius 3 is 2.75 bits per heavy atom. The highest BCUT2D eigenvalue weighted by molar-refractivity contribution is 7.16. The lowest BCUT2D eigenvalue weighted by Crippen LogP contribution is -2.57. The van der Waals surface area contributed by atoms with Crippen molar-refractivity contribution in [2.45, 2.75) is 44.4 Å². The first kappa shape index (κ1) is 30.5. The molecule has 4 N–H and O–H groups in total. The van der Waals surface area contributed by atoms with Crippen LogP contribution in [-0.4, -0.2) is 82.4 Å². The molecular weight excluding hydrogens is 587 g/mol. The van der Waals surface area contributed by atoms with Crippen molar-refractivity contribution in [3.05, 3.63) is 86.2 Å². The van der Waals surface area contributed by atoms with Crippen LogP contribution < -0.4 is 10.2 Å². The van der Waals surface area contributed by atoms with Gasteiger partial charge in [0.25, 0.3) is 5.91 Å². The zero-order chi connectivity index (χ0) is 30.8. The zero-order valence-electron chi connectivity index (χ0n) is 24.6. The number of carbonyl (C=O) groups is 1. The molecule has 4 aromatic rings. The van der Waals surface area contributed by atoms with Gasteiger partial charge in [-0.2, -0.15) is 0 Å². The van der Waals surface area contributed by atoms with Crippen LogP contribution in [0.1, 0.15) is 51.8 Å². The number of phenols is 1. The number of benzene rings is 2. The number of aromatic hydroxyl groups is 1. The quantitative estimate of drug-likeness (QED) is 0.208. The van der Waals surface area contributed by atoms with Crippen LogP contribution in [0.5, 0.6) is 5.75 Å². The van der Waals surface area contributed by atoms with E-state index in [0.29, 0.717) is 66.3 Å². The molecule has 234 valence electrons. The Morgan fingerprint density at radius 2 is 1.98 bits per heavy atom. The lowest BCUT2D eigenvalue weighted by Gasteiger charge is -2.47. The number of hydrogen-bond acceptors (Lipinski definition) is 9. The molecule has 2 aromatic heterocycles. The summed E-state index contributed by atoms with van der Waals surface area (Å²) in [6.45, 7) is 6.40. The maximum Gasteiger partial charge on any atom is 0.305 e. The first-order chi connectivity index (χ1) is 21.2. The van der Waals surface area contributed by atoms with Crippen LogP contribution in [0.15, 0.2) is 51.9 Å². The Labute approximate surface area is 258 Å². The summed E-state index contributed by atoms with van der Waals surface area (Å²) in [6, 6.07) is 9.94. The van der Waals surface area contributed by atoms with Crippen LogP contribution in [-0.2, 0) is 17.7 Å². The Morgan fingerprint density at radius 1 is 1.18 bits per heavy atom. The largest absolute Gasteiger partial charge is 0.506 e. The summed E-state index contributed by atoms with van der Waals surface area (Å²) in [5.74, 6) is 0.296. The fourth-order valence-electron chi connectivity index (χ4n) is 6.31. The van der Waals surface area contributed by atoms with Gasteiger partial charge in [0.1, 0.15) is 22.8 Å². The summed E-state index contributed by atoms with van der Waals surface area (Å²) >= 11 is 0.952. The molecule has 0 bridgehead atoms. The van der Waals surface area contributed by atoms with E-state index in [1.807, 2.05) is 11.0 Å². The lowest BCUT2D eigenvalue weighted by molar-refractivity contribution is -0.128. The molecule has 2 aliphatic heterocycles. The highest BCUT2D eigenvalue weighted by atomic mass is 32.1. The number of hydrogen-bond donors (Lipinski definition) is 4. The number of aromatic amines is 1. The number of likely N-dealkylation sites (tertiary alicyclic amines) is 1. The number of aliphatic hydroxyl groups excluding tert-OH is 1. The van der Waals surface area contributed by atoms with Gasteiger partial charge in [-0.3, -0.25) is 14.5 Å². The normalized spacial score (nSPS) is 17.8. The number of furan rings is 1. The Hall–Kier alpha value is -3.55. The molecule has 1 atom stereocenters. The van der Waals surface area contributed by atoms with Crippen molar-refractivity contribution in [1.82, 2.24) is 20.1 Å². The molecule has 1 unspecified atom stereocenters. The summed E-state index contributed by atoms with van der Waals surface area (Å²) < 4.78 is 26.7. The molecule has 1 amide bonds. The third-order valence-corrected chi connectivity index (χ3v) is 9.62. The van der Waals surface area contributed by atoms with E-state index in [1.165, 1.54) is 12.1 Å². The van der Waals surface area contributed by atoms with Gasteiger partial charge in [-0.05, 0) is 68.1 Å². The standard InChI is InChI=1S/C32H37FN4O6S/c1-20-24(5-12-42-20)30(40)37-11-13-43-32(19-37)6-9-36(10-7-32)18-22-14-21(15-23(33)16-22)4-8-34-17-27(39)25-2-3-26(38)28-29(25)44-31(41)35-28/h2-3,5,12,14-16,27,34,38-39H,4,6-11,13,17-19H2,1H3,(H,35,41). The van der Waals surface area contributed by atoms with Gasteiger partial charge in [-0.15, -0.1) is 0 Å². The fourth-order valence-corrected chi connectivity index (χ4v) is 7.23. The van der Waals surface area contributed by atoms with Gasteiger partial charge in [0.05, 0.1) is 41.4 Å². The SMILES string of the molecule is Cc1occc1C(=O)N1CCOC2(CCN(Cc3cc(F)cc(CCNCC(O)c4ccc(O)c5[nH]c(=O)sc45)c3)CC2)C1. The number of aromatic nitrogens is 1. The maximum atomic E-state index is 14.6. The number of halogens is 1. The second kappa shape index (κ2) is 12.8. The van der Waals surface area contributed by atoms with Crippen LogP contribution in [0.3, 0.4) is 0 Å². The third kappa shape index (κ3) is 6.59. The lowest BCUT2D eigenvalue weighted by atomic mass is 9.88. The van der Waals surface area contributed by atoms with E-state index in [-0.39, 0.29) is 34.5 Å². The van der Waals surface area contributed by atoms with Crippen LogP contribution >= 0.6 is 11.3 Å². The minimum atomic E-state index is -0.872. The molecule has 6 rings (SSSR count). The highest BCUT2D eigenvalue weighted by Gasteiger charge is 2.41. The summed E-state index contributed by atoms with van der Waals surface area (Å²) in [4.78, 5) is 31.3. The van der Waals surface area contributed by atoms with Gasteiger partial charge in [-0.1, -0.05) is 23.5 Å². The van der Waals surface area contributed by atoms with Crippen molar-refractivity contribution in [3.8, 4) is 5.75 Å². The van der Waals surface area contributed by atoms with Gasteiger partial charge in [0.15, 0.2) is 0 Å². The van der Waals surface area contributed by atoms with E-state index in [9.17, 15) is 24.2 Å². The van der Waals surface area contributed by atoms with Crippen LogP contribution in [0, 0.1) is 12.7 Å². The summed E-state index contributed by atoms with van der Waals surface area (Å²) in [6.07, 6.45) is 2.84. The average Bonchev–Trinajstić information content (AvgIpc) is 3.61. The molecule has 2 saturated heterocycles. The summed E-state index contributed by atoms with van der Waals surface area (Å²) in [5.41, 5.74) is 2.90. The number of rotatable bonds is 9. The number of aryl methyl sites for hydroxylation is 1. The zero-order valence-corrected chi connectivity index (χ0v) is 25.4. The molecule has 0 saturated carbocycles. The predicted octanol–water partition coefficient (Wildman–Crippen LogP) is 3.71. The van der Waals surface area contributed by atoms with Crippen LogP contribution in [0.2, 0.25) is 0 Å². The molecule has 12 heteroatoms. The average molecular weight is 625 g/mol. The number of nitrogens with zero attached hydrogens (tertiary/aromatic N) is 2. The van der Waals surface area contributed by atoms with Gasteiger partial charge in [0, 0.05) is 38.3 Å². The molecule has 2 aliphatic rings. The number of morpholine rings is 1. The molecule has 1 spiro atoms. The van der Waals surface area contributed by atoms with Gasteiger partial charge in [-0.25, -0.2) is 4.39 Å². The monoisotopic (exact) mass is 624 g/mol. The van der Waals surface area contributed by atoms with Crippen molar-refractivity contribution >= 4 is 27.5 Å². The highest BCUT2D eigenvalue weighted by Crippen LogP contribution is 2.33. The van der Waals surface area contributed by atoms with Crippen molar-refractivity contribution in [1.29, 1.82) is 0 Å². The fraction of sp³-hybridized carbons (Fsp3) is 0.438. The maximum absolute atomic E-state index is 14.6. The van der Waals surface area contributed by atoms with E-state index < -0.39 is 6.10 Å². The van der Waals surface area contributed by atoms with Crippen LogP contribution in [0.4, 0.5) is 4.39 Å². The number of fused-ring (bicyclic) bond motifs is 1. The first-order valence-electron chi connectivity index (χ1n) is 14.9. The second-order valence-electron chi connectivity index (χ2n) is 11.8. The number of aliphatic hydroxyl groups is 1. The Balaban J connectivity index is 0.995. The van der Waals surface area contributed by atoms with Gasteiger partial charge >= 0.3 is 4.87 Å². The number of nitrogens with one attached hydrogen (secondary N) is 2. The van der Waals surface area contributed by atoms with Gasteiger partial charge in [0.2, 0.25) is 0 Å². The van der Waals surface area contributed by atoms with Crippen molar-refractivity contribution in [3.63, 3.8) is 0 Å². The number of piperidine rings is 1. The van der Waals surface area contributed by atoms with Crippen molar-refractivity contribution in [2.75, 3.05) is 45.9 Å². The molecule has 44 heavy (non-hydrogen) atoms. The molecule has 0 aliphatic carbocycles. The molecule has 4 heterocycles. The van der Waals surface area contributed by atoms with E-state index in [4.69, 9.17) is 9.15 Å². The van der Waals surface area contributed by atoms with E-state index in [2.05, 4.69) is 15.2 Å². The number of phenolic OH excluding ortho intramolecular Hbond substituents is 1. The number of ether oxygens (including phenoxy) is 1. The van der Waals surface area contributed by atoms with Crippen molar-refractivity contribution < 1.29 is 28.6 Å². The Bertz CT molecular complexity index is 1690. The minimum absolute atomic E-state index is 0.0192. The minimum Gasteiger partial charge on any atom is -0.506 e. The number of H-pyrrole nitrogens is 1. The first-order valence-corrected chi connectivity index (χ1v) is 15.7. The molecule has 0 radical (unpaired) electrons. The second-order valence-corrected chi connectivity index (χ2v) is 12.7. The molecule has 2 aromatic carbocycles. The van der Waals surface area contributed by atoms with E-state index in [1.54, 1.807) is 31.4 Å². The van der Waals surface area contributed by atoms with Gasteiger partial charge < -0.3 is 34.6 Å². The van der Waals surface area contributed by atoms with Crippen LogP contribution in [0.25, 0.3) is 10.2 Å². The number of amides is 1. The number of carbonyl (C=O) groups excluding carboxylic acids is 1. The molecular formula is C32H37FN4O6S. The smallest absolute Gasteiger partial charge is 0.305 e. The predicted molar refractivity (Wildman–Crippen MR) is 165 cm³/mol. The molecule has 2 fully saturated rings.